The van der Waals surface area contributed by atoms with Crippen molar-refractivity contribution in [3.63, 3.8) is 0 Å². The van der Waals surface area contributed by atoms with E-state index in [4.69, 9.17) is 11.0 Å². The summed E-state index contributed by atoms with van der Waals surface area (Å²) in [6.45, 7) is 0. The smallest absolute Gasteiger partial charge is 0.399 e. The Morgan fingerprint density at radius 1 is 1.29 bits per heavy atom. The highest BCUT2D eigenvalue weighted by Crippen LogP contribution is 2.31. The van der Waals surface area contributed by atoms with Gasteiger partial charge in [-0.05, 0) is 6.07 Å². The lowest BCUT2D eigenvalue weighted by atomic mass is 10.1. The molecule has 0 amide bonds. The Morgan fingerprint density at radius 2 is 1.88 bits per heavy atom. The van der Waals surface area contributed by atoms with Crippen LogP contribution in [0, 0.1) is 23.0 Å². The van der Waals surface area contributed by atoms with Crippen molar-refractivity contribution in [3.8, 4) is 11.8 Å². The van der Waals surface area contributed by atoms with E-state index in [0.717, 1.165) is 6.07 Å². The Bertz CT molecular complexity index is 466. The van der Waals surface area contributed by atoms with Crippen LogP contribution in [-0.4, -0.2) is 6.36 Å². The van der Waals surface area contributed by atoms with Crippen LogP contribution in [0.15, 0.2) is 12.1 Å². The Balaban J connectivity index is 3.26. The largest absolute Gasteiger partial charge is 0.573 e. The average molecular weight is 252 g/mol. The number of nitriles is 1. The minimum Gasteiger partial charge on any atom is -0.399 e. The number of hydrogen-bond acceptors (Lipinski definition) is 3. The van der Waals surface area contributed by atoms with E-state index < -0.39 is 35.4 Å². The second-order valence-corrected chi connectivity index (χ2v) is 2.93. The molecule has 0 aromatic heterocycles. The summed E-state index contributed by atoms with van der Waals surface area (Å²) in [5, 5.41) is 8.41. The lowest BCUT2D eigenvalue weighted by molar-refractivity contribution is -0.276. The number of rotatable bonds is 2. The monoisotopic (exact) mass is 252 g/mol. The van der Waals surface area contributed by atoms with Gasteiger partial charge in [0.15, 0.2) is 11.6 Å². The van der Waals surface area contributed by atoms with Crippen LogP contribution in [0.5, 0.6) is 5.75 Å². The maximum Gasteiger partial charge on any atom is 0.573 e. The molecule has 1 atom stereocenters. The van der Waals surface area contributed by atoms with E-state index in [0.29, 0.717) is 6.07 Å². The maximum absolute atomic E-state index is 13.4. The molecule has 0 radical (unpaired) electrons. The van der Waals surface area contributed by atoms with Gasteiger partial charge in [-0.25, -0.2) is 8.78 Å². The van der Waals surface area contributed by atoms with E-state index in [1.54, 1.807) is 0 Å². The molecule has 1 rings (SSSR count). The zero-order valence-electron chi connectivity index (χ0n) is 8.05. The fourth-order valence-corrected chi connectivity index (χ4v) is 1.07. The van der Waals surface area contributed by atoms with E-state index in [-0.39, 0.29) is 0 Å². The maximum atomic E-state index is 13.4. The van der Waals surface area contributed by atoms with E-state index >= 15 is 0 Å². The lowest BCUT2D eigenvalue weighted by Gasteiger charge is -2.13. The van der Waals surface area contributed by atoms with Gasteiger partial charge in [0.25, 0.3) is 0 Å². The first-order valence-corrected chi connectivity index (χ1v) is 4.15. The normalized spacial score (nSPS) is 13.0. The first kappa shape index (κ1) is 13.2. The van der Waals surface area contributed by atoms with Crippen LogP contribution < -0.4 is 10.5 Å². The van der Waals surface area contributed by atoms with Gasteiger partial charge < -0.3 is 10.5 Å². The Morgan fingerprint density at radius 3 is 2.35 bits per heavy atom. The third kappa shape index (κ3) is 3.04. The van der Waals surface area contributed by atoms with Gasteiger partial charge in [-0.3, -0.25) is 0 Å². The molecule has 1 aromatic carbocycles. The number of benzene rings is 1. The molecule has 0 spiro atoms. The van der Waals surface area contributed by atoms with Crippen LogP contribution in [0.3, 0.4) is 0 Å². The molecule has 1 aromatic rings. The van der Waals surface area contributed by atoms with E-state index in [1.165, 1.54) is 6.07 Å². The molecule has 0 aliphatic rings. The second-order valence-electron chi connectivity index (χ2n) is 2.93. The van der Waals surface area contributed by atoms with Gasteiger partial charge in [0, 0.05) is 5.56 Å². The summed E-state index contributed by atoms with van der Waals surface area (Å²) >= 11 is 0. The third-order valence-electron chi connectivity index (χ3n) is 1.77. The fourth-order valence-electron chi connectivity index (χ4n) is 1.07. The van der Waals surface area contributed by atoms with Gasteiger partial charge in [0.2, 0.25) is 5.75 Å². The fraction of sp³-hybridized carbons (Fsp3) is 0.222. The second kappa shape index (κ2) is 4.55. The van der Waals surface area contributed by atoms with Crippen LogP contribution in [0.2, 0.25) is 0 Å². The summed E-state index contributed by atoms with van der Waals surface area (Å²) in [6, 6.07) is 1.22. The van der Waals surface area contributed by atoms with Crippen molar-refractivity contribution in [3.05, 3.63) is 29.3 Å². The number of nitrogens with two attached hydrogens (primary N) is 1. The van der Waals surface area contributed by atoms with Gasteiger partial charge in [-0.15, -0.1) is 13.2 Å². The van der Waals surface area contributed by atoms with Crippen molar-refractivity contribution < 1.29 is 26.7 Å². The predicted octanol–water partition coefficient (Wildman–Crippen LogP) is 2.39. The number of ether oxygens (including phenoxy) is 1. The molecule has 2 N–H and O–H groups in total. The number of hydrogen-bond donors (Lipinski definition) is 1. The van der Waals surface area contributed by atoms with Crippen LogP contribution in [0.25, 0.3) is 0 Å². The van der Waals surface area contributed by atoms with Crippen LogP contribution in [0.1, 0.15) is 11.6 Å². The molecule has 17 heavy (non-hydrogen) atoms. The van der Waals surface area contributed by atoms with Gasteiger partial charge in [0.05, 0.1) is 6.07 Å². The summed E-state index contributed by atoms with van der Waals surface area (Å²) in [4.78, 5) is 0. The van der Waals surface area contributed by atoms with Crippen molar-refractivity contribution in [1.82, 2.24) is 0 Å². The number of halogens is 5. The van der Waals surface area contributed by atoms with Crippen molar-refractivity contribution in [2.24, 2.45) is 5.73 Å². The molecule has 0 aliphatic heterocycles. The van der Waals surface area contributed by atoms with Crippen LogP contribution >= 0.6 is 0 Å². The highest BCUT2D eigenvalue weighted by atomic mass is 19.4. The molecule has 1 unspecified atom stereocenters. The molecule has 0 bridgehead atoms. The van der Waals surface area contributed by atoms with Crippen molar-refractivity contribution in [2.45, 2.75) is 12.4 Å². The minimum absolute atomic E-state index is 0.538. The molecule has 92 valence electrons. The van der Waals surface area contributed by atoms with Gasteiger partial charge in [0.1, 0.15) is 6.04 Å². The Hall–Kier alpha value is -1.88. The van der Waals surface area contributed by atoms with Gasteiger partial charge in [-0.2, -0.15) is 5.26 Å². The quantitative estimate of drug-likeness (QED) is 0.822. The molecule has 0 fully saturated rings. The average Bonchev–Trinajstić information content (AvgIpc) is 2.22. The molecular formula is C9H5F5N2O. The van der Waals surface area contributed by atoms with Gasteiger partial charge >= 0.3 is 6.36 Å². The SMILES string of the molecule is N#CC(N)c1ccc(F)c(OC(F)(F)F)c1F. The number of nitrogens with zero attached hydrogens (tertiary/aromatic N) is 1. The number of alkyl halides is 3. The summed E-state index contributed by atoms with van der Waals surface area (Å²) in [6.07, 6.45) is -5.24. The molecule has 0 saturated carbocycles. The van der Waals surface area contributed by atoms with Crippen LogP contribution in [0.4, 0.5) is 22.0 Å². The first-order valence-electron chi connectivity index (χ1n) is 4.15. The highest BCUT2D eigenvalue weighted by molar-refractivity contribution is 5.36. The predicted molar refractivity (Wildman–Crippen MR) is 45.6 cm³/mol. The molecule has 0 saturated heterocycles. The zero-order chi connectivity index (χ0) is 13.2. The molecule has 0 heterocycles. The lowest BCUT2D eigenvalue weighted by Crippen LogP contribution is -2.20. The Kier molecular flexibility index (Phi) is 3.53. The van der Waals surface area contributed by atoms with E-state index in [2.05, 4.69) is 4.74 Å². The summed E-state index contributed by atoms with van der Waals surface area (Å²) in [5.41, 5.74) is 4.54. The summed E-state index contributed by atoms with van der Waals surface area (Å²) < 4.78 is 65.1. The van der Waals surface area contributed by atoms with Crippen molar-refractivity contribution in [2.75, 3.05) is 0 Å². The highest BCUT2D eigenvalue weighted by Gasteiger charge is 2.35. The minimum atomic E-state index is -5.24. The van der Waals surface area contributed by atoms with Crippen LogP contribution in [-0.2, 0) is 0 Å². The molecule has 8 heteroatoms. The zero-order valence-corrected chi connectivity index (χ0v) is 8.05. The van der Waals surface area contributed by atoms with E-state index in [1.807, 2.05) is 0 Å². The molecule has 0 aliphatic carbocycles. The van der Waals surface area contributed by atoms with Crippen molar-refractivity contribution >= 4 is 0 Å². The summed E-state index contributed by atoms with van der Waals surface area (Å²) in [5.74, 6) is -4.80. The van der Waals surface area contributed by atoms with Crippen molar-refractivity contribution in [1.29, 1.82) is 5.26 Å². The van der Waals surface area contributed by atoms with Gasteiger partial charge in [-0.1, -0.05) is 6.07 Å². The standard InChI is InChI=1S/C9H5F5N2O/c10-5-2-1-4(6(16)3-15)7(11)8(5)17-9(12,13)14/h1-2,6H,16H2. The third-order valence-corrected chi connectivity index (χ3v) is 1.77. The topological polar surface area (TPSA) is 59.0 Å². The Labute approximate surface area is 92.2 Å². The molecular weight excluding hydrogens is 247 g/mol. The summed E-state index contributed by atoms with van der Waals surface area (Å²) in [7, 11) is 0. The first-order chi connectivity index (χ1) is 7.76. The van der Waals surface area contributed by atoms with E-state index in [9.17, 15) is 22.0 Å². The molecule has 3 nitrogen and oxygen atoms in total.